The first-order valence-electron chi connectivity index (χ1n) is 11.4. The molecule has 3 rings (SSSR count). The predicted molar refractivity (Wildman–Crippen MR) is 135 cm³/mol. The Morgan fingerprint density at radius 2 is 2.23 bits per heavy atom. The van der Waals surface area contributed by atoms with E-state index in [9.17, 15) is 4.39 Å². The van der Waals surface area contributed by atoms with Crippen molar-refractivity contribution in [1.82, 2.24) is 10.6 Å². The summed E-state index contributed by atoms with van der Waals surface area (Å²) >= 11 is 0. The molecule has 2 atom stereocenters. The molecule has 2 unspecified atom stereocenters. The summed E-state index contributed by atoms with van der Waals surface area (Å²) in [6.45, 7) is 10.8. The molecule has 2 N–H and O–H groups in total. The van der Waals surface area contributed by atoms with E-state index in [-0.39, 0.29) is 29.8 Å². The van der Waals surface area contributed by atoms with Gasteiger partial charge in [-0.25, -0.2) is 4.39 Å². The third-order valence-electron chi connectivity index (χ3n) is 5.70. The number of hydrogen-bond donors (Lipinski definition) is 2. The Bertz CT molecular complexity index is 686. The smallest absolute Gasteiger partial charge is 0.191 e. The van der Waals surface area contributed by atoms with E-state index in [0.29, 0.717) is 12.0 Å². The van der Waals surface area contributed by atoms with Crippen LogP contribution >= 0.6 is 24.0 Å². The number of aliphatic imine (C=N–C) groups is 1. The van der Waals surface area contributed by atoms with Crippen molar-refractivity contribution in [3.8, 4) is 0 Å². The molecule has 2 aliphatic heterocycles. The van der Waals surface area contributed by atoms with Gasteiger partial charge in [0.15, 0.2) is 5.96 Å². The second kappa shape index (κ2) is 14.1. The first kappa shape index (κ1) is 26.1. The lowest BCUT2D eigenvalue weighted by atomic mass is 10.0. The number of rotatable bonds is 9. The van der Waals surface area contributed by atoms with E-state index in [1.165, 1.54) is 0 Å². The van der Waals surface area contributed by atoms with Crippen molar-refractivity contribution in [3.63, 3.8) is 0 Å². The zero-order valence-corrected chi connectivity index (χ0v) is 21.2. The number of halogens is 2. The van der Waals surface area contributed by atoms with Gasteiger partial charge in [-0.2, -0.15) is 0 Å². The highest BCUT2D eigenvalue weighted by molar-refractivity contribution is 14.0. The van der Waals surface area contributed by atoms with Crippen LogP contribution in [0.15, 0.2) is 23.2 Å². The molecule has 2 fully saturated rings. The summed E-state index contributed by atoms with van der Waals surface area (Å²) in [4.78, 5) is 7.07. The topological polar surface area (TPSA) is 58.1 Å². The standard InChI is InChI=1S/C23H37FN4O2.HI/c1-3-25-23(26-10-5-12-29-16-19-9-13-30-17-19)27-21-6-4-11-28(15-21)22-8-7-20(24)14-18(22)2;/h7-8,14,19,21H,3-6,9-13,15-17H2,1-2H3,(H2,25,26,27);1H. The zero-order chi connectivity index (χ0) is 21.2. The Morgan fingerprint density at radius 1 is 1.35 bits per heavy atom. The summed E-state index contributed by atoms with van der Waals surface area (Å²) in [5.41, 5.74) is 2.11. The first-order chi connectivity index (χ1) is 14.7. The van der Waals surface area contributed by atoms with E-state index < -0.39 is 0 Å². The van der Waals surface area contributed by atoms with Crippen LogP contribution in [0, 0.1) is 18.7 Å². The number of guanidine groups is 1. The number of nitrogens with zero attached hydrogens (tertiary/aromatic N) is 2. The molecule has 0 spiro atoms. The molecule has 2 saturated heterocycles. The van der Waals surface area contributed by atoms with Crippen molar-refractivity contribution in [3.05, 3.63) is 29.6 Å². The van der Waals surface area contributed by atoms with Crippen LogP contribution in [0.4, 0.5) is 10.1 Å². The van der Waals surface area contributed by atoms with Crippen molar-refractivity contribution in [2.75, 3.05) is 57.5 Å². The minimum Gasteiger partial charge on any atom is -0.381 e. The van der Waals surface area contributed by atoms with Crippen molar-refractivity contribution in [1.29, 1.82) is 0 Å². The fraction of sp³-hybridized carbons (Fsp3) is 0.696. The van der Waals surface area contributed by atoms with Crippen LogP contribution in [0.1, 0.15) is 38.2 Å². The Labute approximate surface area is 203 Å². The average Bonchev–Trinajstić information content (AvgIpc) is 3.24. The fourth-order valence-corrected chi connectivity index (χ4v) is 4.12. The molecular weight excluding hydrogens is 510 g/mol. The van der Waals surface area contributed by atoms with Gasteiger partial charge in [-0.3, -0.25) is 4.99 Å². The summed E-state index contributed by atoms with van der Waals surface area (Å²) in [6, 6.07) is 5.37. The van der Waals surface area contributed by atoms with E-state index in [1.54, 1.807) is 12.1 Å². The Hall–Kier alpha value is -1.13. The van der Waals surface area contributed by atoms with Crippen LogP contribution in [-0.4, -0.2) is 64.6 Å². The van der Waals surface area contributed by atoms with Gasteiger partial charge in [0, 0.05) is 57.0 Å². The molecule has 8 heteroatoms. The molecule has 2 heterocycles. The highest BCUT2D eigenvalue weighted by atomic mass is 127. The van der Waals surface area contributed by atoms with Crippen molar-refractivity contribution >= 4 is 35.6 Å². The van der Waals surface area contributed by atoms with E-state index in [1.807, 2.05) is 13.0 Å². The molecule has 31 heavy (non-hydrogen) atoms. The monoisotopic (exact) mass is 548 g/mol. The molecule has 0 aromatic heterocycles. The number of piperidine rings is 1. The average molecular weight is 548 g/mol. The minimum atomic E-state index is -0.176. The fourth-order valence-electron chi connectivity index (χ4n) is 4.12. The van der Waals surface area contributed by atoms with Gasteiger partial charge in [-0.1, -0.05) is 0 Å². The van der Waals surface area contributed by atoms with Crippen LogP contribution in [0.25, 0.3) is 0 Å². The van der Waals surface area contributed by atoms with Crippen LogP contribution in [0.2, 0.25) is 0 Å². The molecular formula is C23H38FIN4O2. The molecule has 6 nitrogen and oxygen atoms in total. The van der Waals surface area contributed by atoms with E-state index in [4.69, 9.17) is 14.5 Å². The van der Waals surface area contributed by atoms with Gasteiger partial charge in [0.2, 0.25) is 0 Å². The maximum Gasteiger partial charge on any atom is 0.191 e. The number of hydrogen-bond acceptors (Lipinski definition) is 4. The Balaban J connectivity index is 0.00000341. The van der Waals surface area contributed by atoms with E-state index in [0.717, 1.165) is 95.5 Å². The third-order valence-corrected chi connectivity index (χ3v) is 5.70. The second-order valence-corrected chi connectivity index (χ2v) is 8.28. The molecule has 0 aliphatic carbocycles. The van der Waals surface area contributed by atoms with Gasteiger partial charge in [0.25, 0.3) is 0 Å². The number of aryl methyl sites for hydroxylation is 1. The number of nitrogens with one attached hydrogen (secondary N) is 2. The lowest BCUT2D eigenvalue weighted by Gasteiger charge is -2.36. The molecule has 176 valence electrons. The van der Waals surface area contributed by atoms with Gasteiger partial charge >= 0.3 is 0 Å². The summed E-state index contributed by atoms with van der Waals surface area (Å²) < 4.78 is 24.6. The van der Waals surface area contributed by atoms with Crippen molar-refractivity contribution in [2.24, 2.45) is 10.9 Å². The second-order valence-electron chi connectivity index (χ2n) is 8.28. The van der Waals surface area contributed by atoms with Gasteiger partial charge in [-0.15, -0.1) is 24.0 Å². The zero-order valence-electron chi connectivity index (χ0n) is 18.9. The quantitative estimate of drug-likeness (QED) is 0.213. The lowest BCUT2D eigenvalue weighted by Crippen LogP contribution is -2.51. The molecule has 0 saturated carbocycles. The highest BCUT2D eigenvalue weighted by Crippen LogP contribution is 2.24. The van der Waals surface area contributed by atoms with Gasteiger partial charge < -0.3 is 25.0 Å². The van der Waals surface area contributed by atoms with Gasteiger partial charge in [0.1, 0.15) is 5.82 Å². The first-order valence-corrected chi connectivity index (χ1v) is 11.4. The Kier molecular flexibility index (Phi) is 11.9. The predicted octanol–water partition coefficient (Wildman–Crippen LogP) is 3.72. The van der Waals surface area contributed by atoms with Crippen LogP contribution in [0.5, 0.6) is 0 Å². The SMILES string of the molecule is CCNC(=NCCCOCC1CCOC1)NC1CCCN(c2ccc(F)cc2C)C1.I. The molecule has 2 aliphatic rings. The van der Waals surface area contributed by atoms with E-state index >= 15 is 0 Å². The number of benzene rings is 1. The largest absolute Gasteiger partial charge is 0.381 e. The van der Waals surface area contributed by atoms with Crippen LogP contribution in [-0.2, 0) is 9.47 Å². The summed E-state index contributed by atoms with van der Waals surface area (Å²) in [7, 11) is 0. The third kappa shape index (κ3) is 8.73. The molecule has 0 radical (unpaired) electrons. The molecule has 1 aromatic carbocycles. The number of ether oxygens (including phenoxy) is 2. The molecule has 0 bridgehead atoms. The van der Waals surface area contributed by atoms with Crippen molar-refractivity contribution < 1.29 is 13.9 Å². The normalized spacial score (nSPS) is 21.6. The van der Waals surface area contributed by atoms with Crippen LogP contribution < -0.4 is 15.5 Å². The van der Waals surface area contributed by atoms with E-state index in [2.05, 4.69) is 22.5 Å². The van der Waals surface area contributed by atoms with Crippen LogP contribution in [0.3, 0.4) is 0 Å². The van der Waals surface area contributed by atoms with Gasteiger partial charge in [0.05, 0.1) is 13.2 Å². The summed E-state index contributed by atoms with van der Waals surface area (Å²) in [5, 5.41) is 6.94. The molecule has 0 amide bonds. The van der Waals surface area contributed by atoms with Crippen molar-refractivity contribution in [2.45, 2.75) is 45.6 Å². The highest BCUT2D eigenvalue weighted by Gasteiger charge is 2.22. The van der Waals surface area contributed by atoms with Gasteiger partial charge in [-0.05, 0) is 63.3 Å². The maximum absolute atomic E-state index is 13.5. The number of anilines is 1. The lowest BCUT2D eigenvalue weighted by molar-refractivity contribution is 0.0893. The summed E-state index contributed by atoms with van der Waals surface area (Å²) in [6.07, 6.45) is 4.23. The summed E-state index contributed by atoms with van der Waals surface area (Å²) in [5.74, 6) is 1.25. The molecule has 1 aromatic rings. The Morgan fingerprint density at radius 3 is 2.97 bits per heavy atom. The maximum atomic E-state index is 13.5. The minimum absolute atomic E-state index is 0.